The summed E-state index contributed by atoms with van der Waals surface area (Å²) in [6.07, 6.45) is 5.48. The number of hydrogen-bond donors (Lipinski definition) is 2. The Bertz CT molecular complexity index is 956. The van der Waals surface area contributed by atoms with E-state index < -0.39 is 10.0 Å². The third kappa shape index (κ3) is 5.22. The molecule has 1 aromatic carbocycles. The Morgan fingerprint density at radius 1 is 1.04 bits per heavy atom. The second kappa shape index (κ2) is 8.90. The van der Waals surface area contributed by atoms with E-state index in [0.717, 1.165) is 22.5 Å². The number of nitrogens with zero attached hydrogens (tertiary/aromatic N) is 3. The van der Waals surface area contributed by atoms with Crippen LogP contribution in [0.4, 0.5) is 0 Å². The Labute approximate surface area is 159 Å². The first kappa shape index (κ1) is 19.2. The van der Waals surface area contributed by atoms with Gasteiger partial charge in [-0.3, -0.25) is 4.98 Å². The molecule has 0 unspecified atom stereocenters. The molecule has 0 radical (unpaired) electrons. The topological polar surface area (TPSA) is 88.9 Å². The molecule has 7 nitrogen and oxygen atoms in total. The van der Waals surface area contributed by atoms with Gasteiger partial charge in [-0.05, 0) is 31.2 Å². The third-order valence-electron chi connectivity index (χ3n) is 4.08. The van der Waals surface area contributed by atoms with Gasteiger partial charge in [0.25, 0.3) is 0 Å². The summed E-state index contributed by atoms with van der Waals surface area (Å²) in [6.45, 7) is 3.09. The van der Waals surface area contributed by atoms with Gasteiger partial charge in [0, 0.05) is 49.4 Å². The van der Waals surface area contributed by atoms with Gasteiger partial charge in [-0.2, -0.15) is 5.10 Å². The molecule has 3 rings (SSSR count). The van der Waals surface area contributed by atoms with Crippen LogP contribution in [0.25, 0.3) is 16.9 Å². The minimum Gasteiger partial charge on any atom is -0.311 e. The molecule has 8 heteroatoms. The number of pyridine rings is 1. The maximum Gasteiger partial charge on any atom is 0.211 e. The monoisotopic (exact) mass is 385 g/mol. The van der Waals surface area contributed by atoms with Crippen molar-refractivity contribution in [1.82, 2.24) is 24.8 Å². The first-order valence-corrected chi connectivity index (χ1v) is 10.5. The molecule has 0 amide bonds. The van der Waals surface area contributed by atoms with E-state index in [1.165, 1.54) is 0 Å². The smallest absolute Gasteiger partial charge is 0.211 e. The number of nitrogens with one attached hydrogen (secondary N) is 2. The van der Waals surface area contributed by atoms with Crippen molar-refractivity contribution in [1.29, 1.82) is 0 Å². The predicted octanol–water partition coefficient (Wildman–Crippen LogP) is 1.96. The summed E-state index contributed by atoms with van der Waals surface area (Å²) in [6, 6.07) is 13.8. The number of rotatable bonds is 9. The van der Waals surface area contributed by atoms with E-state index in [0.29, 0.717) is 19.6 Å². The van der Waals surface area contributed by atoms with Crippen LogP contribution in [0.2, 0.25) is 0 Å². The molecule has 0 saturated heterocycles. The number of sulfonamides is 1. The van der Waals surface area contributed by atoms with Gasteiger partial charge < -0.3 is 5.32 Å². The van der Waals surface area contributed by atoms with Crippen LogP contribution in [0, 0.1) is 0 Å². The second-order valence-corrected chi connectivity index (χ2v) is 8.09. The molecule has 2 heterocycles. The summed E-state index contributed by atoms with van der Waals surface area (Å²) in [5.41, 5.74) is 3.88. The van der Waals surface area contributed by atoms with E-state index >= 15 is 0 Å². The molecule has 0 aliphatic carbocycles. The fraction of sp³-hybridized carbons (Fsp3) is 0.263. The first-order chi connectivity index (χ1) is 13.1. The van der Waals surface area contributed by atoms with Crippen LogP contribution in [0.1, 0.15) is 12.5 Å². The second-order valence-electron chi connectivity index (χ2n) is 5.99. The fourth-order valence-corrected chi connectivity index (χ4v) is 3.24. The van der Waals surface area contributed by atoms with Crippen molar-refractivity contribution in [3.63, 3.8) is 0 Å². The lowest BCUT2D eigenvalue weighted by Gasteiger charge is -2.06. The van der Waals surface area contributed by atoms with Crippen LogP contribution >= 0.6 is 0 Å². The Balaban J connectivity index is 1.74. The summed E-state index contributed by atoms with van der Waals surface area (Å²) in [4.78, 5) is 4.07. The minimum atomic E-state index is -3.16. The van der Waals surface area contributed by atoms with Crippen LogP contribution in [0.15, 0.2) is 61.1 Å². The quantitative estimate of drug-likeness (QED) is 0.550. The maximum absolute atomic E-state index is 11.5. The average Bonchev–Trinajstić information content (AvgIpc) is 3.13. The molecule has 0 fully saturated rings. The number of para-hydroxylation sites is 1. The first-order valence-electron chi connectivity index (χ1n) is 8.81. The standard InChI is InChI=1S/C19H23N5O2S/c1-2-27(25,26)22-13-12-21-14-17-15-24(18-6-4-3-5-7-18)23-19(17)16-8-10-20-11-9-16/h3-11,15,21-22H,2,12-14H2,1H3. The van der Waals surface area contributed by atoms with Crippen LogP contribution in [-0.4, -0.2) is 42.0 Å². The molecular weight excluding hydrogens is 362 g/mol. The molecule has 3 aromatic rings. The molecule has 27 heavy (non-hydrogen) atoms. The highest BCUT2D eigenvalue weighted by Gasteiger charge is 2.12. The van der Waals surface area contributed by atoms with E-state index in [9.17, 15) is 8.42 Å². The molecule has 2 N–H and O–H groups in total. The van der Waals surface area contributed by atoms with Gasteiger partial charge in [-0.1, -0.05) is 18.2 Å². The maximum atomic E-state index is 11.5. The van der Waals surface area contributed by atoms with Crippen LogP contribution in [-0.2, 0) is 16.6 Å². The van der Waals surface area contributed by atoms with Gasteiger partial charge in [-0.25, -0.2) is 17.8 Å². The van der Waals surface area contributed by atoms with Crippen LogP contribution in [0.5, 0.6) is 0 Å². The summed E-state index contributed by atoms with van der Waals surface area (Å²) >= 11 is 0. The van der Waals surface area contributed by atoms with Gasteiger partial charge in [0.2, 0.25) is 10.0 Å². The van der Waals surface area contributed by atoms with Gasteiger partial charge in [0.1, 0.15) is 0 Å². The fourth-order valence-electron chi connectivity index (χ4n) is 2.62. The van der Waals surface area contributed by atoms with Crippen molar-refractivity contribution in [2.45, 2.75) is 13.5 Å². The number of benzene rings is 1. The molecule has 0 spiro atoms. The zero-order valence-corrected chi connectivity index (χ0v) is 16.0. The van der Waals surface area contributed by atoms with Gasteiger partial charge in [-0.15, -0.1) is 0 Å². The van der Waals surface area contributed by atoms with Crippen molar-refractivity contribution < 1.29 is 8.42 Å². The van der Waals surface area contributed by atoms with Crippen molar-refractivity contribution in [3.8, 4) is 16.9 Å². The molecule has 0 saturated carbocycles. The summed E-state index contributed by atoms with van der Waals surface area (Å²) < 4.78 is 27.4. The van der Waals surface area contributed by atoms with Crippen LogP contribution in [0.3, 0.4) is 0 Å². The summed E-state index contributed by atoms with van der Waals surface area (Å²) in [5.74, 6) is 0.0863. The minimum absolute atomic E-state index is 0.0863. The van der Waals surface area contributed by atoms with Crippen molar-refractivity contribution in [3.05, 3.63) is 66.6 Å². The Morgan fingerprint density at radius 3 is 2.48 bits per heavy atom. The molecule has 2 aromatic heterocycles. The van der Waals surface area contributed by atoms with Crippen LogP contribution < -0.4 is 10.0 Å². The molecule has 142 valence electrons. The van der Waals surface area contributed by atoms with E-state index in [1.807, 2.05) is 53.3 Å². The third-order valence-corrected chi connectivity index (χ3v) is 5.49. The summed E-state index contributed by atoms with van der Waals surface area (Å²) in [7, 11) is -3.16. The number of hydrogen-bond acceptors (Lipinski definition) is 5. The highest BCUT2D eigenvalue weighted by Crippen LogP contribution is 2.23. The highest BCUT2D eigenvalue weighted by atomic mass is 32.2. The zero-order valence-electron chi connectivity index (χ0n) is 15.2. The van der Waals surface area contributed by atoms with Gasteiger partial charge in [0.05, 0.1) is 17.1 Å². The number of aromatic nitrogens is 3. The van der Waals surface area contributed by atoms with Crippen molar-refractivity contribution in [2.24, 2.45) is 0 Å². The summed E-state index contributed by atoms with van der Waals surface area (Å²) in [5, 5.41) is 8.02. The lowest BCUT2D eigenvalue weighted by Crippen LogP contribution is -2.32. The molecular formula is C19H23N5O2S. The van der Waals surface area contributed by atoms with E-state index in [4.69, 9.17) is 5.10 Å². The average molecular weight is 385 g/mol. The molecule has 0 aliphatic rings. The van der Waals surface area contributed by atoms with E-state index in [-0.39, 0.29) is 5.75 Å². The van der Waals surface area contributed by atoms with E-state index in [2.05, 4.69) is 15.0 Å². The van der Waals surface area contributed by atoms with Crippen molar-refractivity contribution in [2.75, 3.05) is 18.8 Å². The van der Waals surface area contributed by atoms with E-state index in [1.54, 1.807) is 19.3 Å². The van der Waals surface area contributed by atoms with Gasteiger partial charge >= 0.3 is 0 Å². The lowest BCUT2D eigenvalue weighted by atomic mass is 10.1. The Hall–Kier alpha value is -2.55. The molecule has 0 bridgehead atoms. The molecule has 0 atom stereocenters. The normalized spacial score (nSPS) is 11.6. The largest absolute Gasteiger partial charge is 0.311 e. The zero-order chi connectivity index (χ0) is 19.1. The molecule has 0 aliphatic heterocycles. The lowest BCUT2D eigenvalue weighted by molar-refractivity contribution is 0.577. The predicted molar refractivity (Wildman–Crippen MR) is 106 cm³/mol. The van der Waals surface area contributed by atoms with Gasteiger partial charge in [0.15, 0.2) is 0 Å². The Kier molecular flexibility index (Phi) is 6.33. The SMILES string of the molecule is CCS(=O)(=O)NCCNCc1cn(-c2ccccc2)nc1-c1ccncc1. The van der Waals surface area contributed by atoms with Crippen molar-refractivity contribution >= 4 is 10.0 Å². The highest BCUT2D eigenvalue weighted by molar-refractivity contribution is 7.89. The Morgan fingerprint density at radius 2 is 1.78 bits per heavy atom.